The maximum absolute atomic E-state index is 14.2. The molecule has 1 fully saturated rings. The first-order valence-corrected chi connectivity index (χ1v) is 6.01. The highest BCUT2D eigenvalue weighted by atomic mass is 35.5. The van der Waals surface area contributed by atoms with Crippen molar-refractivity contribution in [2.24, 2.45) is 5.16 Å². The average molecular weight is 309 g/mol. The van der Waals surface area contributed by atoms with Gasteiger partial charge in [0.05, 0.1) is 0 Å². The minimum absolute atomic E-state index is 0.0672. The molecule has 112 valence electrons. The summed E-state index contributed by atoms with van der Waals surface area (Å²) < 4.78 is 20.3. The maximum Gasteiger partial charge on any atom is 0.270 e. The predicted molar refractivity (Wildman–Crippen MR) is 65.3 cm³/mol. The van der Waals surface area contributed by atoms with Crippen LogP contribution in [0.3, 0.4) is 0 Å². The van der Waals surface area contributed by atoms with Crippen molar-refractivity contribution in [3.63, 3.8) is 0 Å². The van der Waals surface area contributed by atoms with Crippen LogP contribution in [-0.4, -0.2) is 48.4 Å². The summed E-state index contributed by atoms with van der Waals surface area (Å²) in [6.07, 6.45) is -1.75. The number of halogens is 2. The van der Waals surface area contributed by atoms with Gasteiger partial charge in [0.1, 0.15) is 23.4 Å². The SMILES string of the molecule is C[C@]1(Cl)[C@H](n2ccc(N)n/c2=N\O)O[C@](F)(CO)[C@H]1O. The zero-order chi connectivity index (χ0) is 15.1. The number of nitrogens with zero attached hydrogens (tertiary/aromatic N) is 3. The molecule has 0 aliphatic carbocycles. The number of rotatable bonds is 2. The Morgan fingerprint density at radius 1 is 1.70 bits per heavy atom. The van der Waals surface area contributed by atoms with Gasteiger partial charge in [0.25, 0.3) is 11.5 Å². The van der Waals surface area contributed by atoms with Crippen molar-refractivity contribution in [2.75, 3.05) is 12.3 Å². The summed E-state index contributed by atoms with van der Waals surface area (Å²) in [6.45, 7) is 0.243. The quantitative estimate of drug-likeness (QED) is 0.325. The molecule has 8 nitrogen and oxygen atoms in total. The number of hydrogen-bond donors (Lipinski definition) is 4. The monoisotopic (exact) mass is 308 g/mol. The number of aliphatic hydroxyl groups excluding tert-OH is 2. The van der Waals surface area contributed by atoms with E-state index in [1.54, 1.807) is 0 Å². The summed E-state index contributed by atoms with van der Waals surface area (Å²) in [5.74, 6) is -2.67. The summed E-state index contributed by atoms with van der Waals surface area (Å²) >= 11 is 6.12. The molecule has 0 saturated carbocycles. The van der Waals surface area contributed by atoms with Crippen LogP contribution in [0.1, 0.15) is 13.2 Å². The molecule has 1 aromatic rings. The van der Waals surface area contributed by atoms with E-state index in [2.05, 4.69) is 10.1 Å². The van der Waals surface area contributed by atoms with Crippen molar-refractivity contribution in [1.29, 1.82) is 0 Å². The number of nitrogen functional groups attached to an aromatic ring is 1. The highest BCUT2D eigenvalue weighted by molar-refractivity contribution is 6.24. The van der Waals surface area contributed by atoms with Crippen LogP contribution < -0.4 is 11.4 Å². The van der Waals surface area contributed by atoms with E-state index in [1.165, 1.54) is 19.2 Å². The van der Waals surface area contributed by atoms with Crippen LogP contribution in [-0.2, 0) is 4.74 Å². The van der Waals surface area contributed by atoms with Gasteiger partial charge >= 0.3 is 0 Å². The second-order valence-corrected chi connectivity index (χ2v) is 5.44. The molecular weight excluding hydrogens is 295 g/mol. The van der Waals surface area contributed by atoms with E-state index >= 15 is 0 Å². The smallest absolute Gasteiger partial charge is 0.270 e. The van der Waals surface area contributed by atoms with Gasteiger partial charge in [-0.1, -0.05) is 0 Å². The standard InChI is InChI=1S/C10H14ClFN4O4/c1-9(11)6(18)10(12,4-17)20-7(9)16-3-2-5(13)14-8(16)15-19/h2-3,6-7,17-19H,4H2,1H3,(H2,13,14,15)/t6-,7+,9+,10+/m0/s1. The first kappa shape index (κ1) is 15.0. The van der Waals surface area contributed by atoms with Gasteiger partial charge in [-0.2, -0.15) is 4.98 Å². The summed E-state index contributed by atoms with van der Waals surface area (Å²) in [6, 6.07) is 1.36. The number of aromatic nitrogens is 2. The molecule has 2 heterocycles. The number of nitrogens with two attached hydrogens (primary N) is 1. The number of anilines is 1. The zero-order valence-corrected chi connectivity index (χ0v) is 11.2. The Bertz CT molecular complexity index is 581. The van der Waals surface area contributed by atoms with E-state index in [9.17, 15) is 9.50 Å². The average Bonchev–Trinajstić information content (AvgIpc) is 2.60. The molecule has 20 heavy (non-hydrogen) atoms. The Morgan fingerprint density at radius 3 is 2.85 bits per heavy atom. The van der Waals surface area contributed by atoms with Gasteiger partial charge in [-0.25, -0.2) is 4.39 Å². The summed E-state index contributed by atoms with van der Waals surface area (Å²) in [7, 11) is 0. The predicted octanol–water partition coefficient (Wildman–Crippen LogP) is -0.700. The van der Waals surface area contributed by atoms with Crippen molar-refractivity contribution >= 4 is 17.4 Å². The van der Waals surface area contributed by atoms with Crippen molar-refractivity contribution < 1.29 is 24.5 Å². The summed E-state index contributed by atoms with van der Waals surface area (Å²) in [5.41, 5.74) is 5.16. The Balaban J connectivity index is 2.54. The molecule has 1 aliphatic rings. The Kier molecular flexibility index (Phi) is 3.63. The van der Waals surface area contributed by atoms with Crippen LogP contribution in [0.4, 0.5) is 10.2 Å². The van der Waals surface area contributed by atoms with Crippen LogP contribution in [0, 0.1) is 0 Å². The molecule has 1 saturated heterocycles. The third kappa shape index (κ3) is 2.12. The van der Waals surface area contributed by atoms with Crippen LogP contribution in [0.15, 0.2) is 17.4 Å². The van der Waals surface area contributed by atoms with Gasteiger partial charge in [0.2, 0.25) is 0 Å². The minimum atomic E-state index is -2.73. The number of hydrogen-bond acceptors (Lipinski definition) is 7. The van der Waals surface area contributed by atoms with E-state index in [0.29, 0.717) is 0 Å². The third-order valence-electron chi connectivity index (χ3n) is 3.16. The Hall–Kier alpha value is -1.42. The Morgan fingerprint density at radius 2 is 2.35 bits per heavy atom. The lowest BCUT2D eigenvalue weighted by Gasteiger charge is -2.26. The first-order valence-electron chi connectivity index (χ1n) is 5.63. The number of aliphatic hydroxyl groups is 2. The molecule has 1 aromatic heterocycles. The molecule has 0 unspecified atom stereocenters. The fourth-order valence-corrected chi connectivity index (χ4v) is 2.38. The largest absolute Gasteiger partial charge is 0.408 e. The molecular formula is C10H14ClFN4O4. The lowest BCUT2D eigenvalue weighted by Crippen LogP contribution is -2.46. The van der Waals surface area contributed by atoms with Gasteiger partial charge in [-0.15, -0.1) is 11.6 Å². The van der Waals surface area contributed by atoms with E-state index < -0.39 is 29.7 Å². The van der Waals surface area contributed by atoms with Gasteiger partial charge < -0.3 is 25.9 Å². The topological polar surface area (TPSA) is 126 Å². The summed E-state index contributed by atoms with van der Waals surface area (Å²) in [4.78, 5) is 2.09. The van der Waals surface area contributed by atoms with Crippen LogP contribution in [0.25, 0.3) is 0 Å². The molecule has 1 aliphatic heterocycles. The van der Waals surface area contributed by atoms with Crippen molar-refractivity contribution in [3.05, 3.63) is 17.9 Å². The van der Waals surface area contributed by atoms with Crippen molar-refractivity contribution in [2.45, 2.75) is 30.0 Å². The molecule has 10 heteroatoms. The maximum atomic E-state index is 14.2. The van der Waals surface area contributed by atoms with Crippen molar-refractivity contribution in [1.82, 2.24) is 9.55 Å². The number of ether oxygens (including phenoxy) is 1. The van der Waals surface area contributed by atoms with Crippen LogP contribution in [0.5, 0.6) is 0 Å². The van der Waals surface area contributed by atoms with Crippen LogP contribution in [0.2, 0.25) is 0 Å². The van der Waals surface area contributed by atoms with E-state index in [-0.39, 0.29) is 11.4 Å². The molecule has 0 aromatic carbocycles. The Labute approximate surface area is 117 Å². The van der Waals surface area contributed by atoms with E-state index in [0.717, 1.165) is 4.57 Å². The molecule has 0 bridgehead atoms. The van der Waals surface area contributed by atoms with Gasteiger partial charge in [-0.05, 0) is 18.1 Å². The summed E-state index contributed by atoms with van der Waals surface area (Å²) in [5, 5.41) is 30.7. The molecule has 0 spiro atoms. The number of alkyl halides is 2. The van der Waals surface area contributed by atoms with Crippen LogP contribution >= 0.6 is 11.6 Å². The first-order chi connectivity index (χ1) is 9.26. The molecule has 5 N–H and O–H groups in total. The van der Waals surface area contributed by atoms with Gasteiger partial charge in [0, 0.05) is 6.20 Å². The lowest BCUT2D eigenvalue weighted by molar-refractivity contribution is -0.207. The third-order valence-corrected chi connectivity index (χ3v) is 3.55. The second kappa shape index (κ2) is 4.85. The molecule has 0 radical (unpaired) electrons. The minimum Gasteiger partial charge on any atom is -0.408 e. The fraction of sp³-hybridized carbons (Fsp3) is 0.600. The van der Waals surface area contributed by atoms with E-state index in [1.807, 2.05) is 0 Å². The second-order valence-electron chi connectivity index (χ2n) is 4.63. The lowest BCUT2D eigenvalue weighted by atomic mass is 9.99. The molecule has 2 rings (SSSR count). The highest BCUT2D eigenvalue weighted by Gasteiger charge is 2.62. The van der Waals surface area contributed by atoms with Crippen molar-refractivity contribution in [3.8, 4) is 0 Å². The fourth-order valence-electron chi connectivity index (χ4n) is 2.07. The zero-order valence-electron chi connectivity index (χ0n) is 10.4. The van der Waals surface area contributed by atoms with Gasteiger partial charge in [-0.3, -0.25) is 4.57 Å². The molecule has 0 amide bonds. The molecule has 4 atom stereocenters. The van der Waals surface area contributed by atoms with E-state index in [4.69, 9.17) is 32.4 Å². The normalized spacial score (nSPS) is 38.4. The highest BCUT2D eigenvalue weighted by Crippen LogP contribution is 2.48. The van der Waals surface area contributed by atoms with Gasteiger partial charge in [0.15, 0.2) is 6.23 Å².